The topological polar surface area (TPSA) is 79.2 Å². The van der Waals surface area contributed by atoms with Crippen molar-refractivity contribution in [2.45, 2.75) is 45.6 Å². The molecule has 0 spiro atoms. The second-order valence-corrected chi connectivity index (χ2v) is 5.61. The molecule has 0 aromatic rings. The smallest absolute Gasteiger partial charge is 0.309 e. The van der Waals surface area contributed by atoms with Gasteiger partial charge in [0, 0.05) is 0 Å². The standard InChI is InChI=1S/C15H22N2O3/c1-11(2)15(3,10-16)17-13(18)9-20-14(19)12-7-5-4-6-8-12/h4-5,11-12H,6-9H2,1-3H3,(H,17,18)/t12-,15+/m0/s1. The van der Waals surface area contributed by atoms with Gasteiger partial charge in [0.1, 0.15) is 5.54 Å². The fraction of sp³-hybridized carbons (Fsp3) is 0.667. The maximum absolute atomic E-state index is 11.8. The Morgan fingerprint density at radius 2 is 2.20 bits per heavy atom. The molecule has 5 nitrogen and oxygen atoms in total. The van der Waals surface area contributed by atoms with Crippen LogP contribution < -0.4 is 5.32 Å². The van der Waals surface area contributed by atoms with Crippen LogP contribution in [0, 0.1) is 23.2 Å². The number of hydrogen-bond acceptors (Lipinski definition) is 4. The van der Waals surface area contributed by atoms with E-state index >= 15 is 0 Å². The van der Waals surface area contributed by atoms with Gasteiger partial charge in [-0.2, -0.15) is 5.26 Å². The number of rotatable bonds is 5. The third-order valence-corrected chi connectivity index (χ3v) is 3.73. The van der Waals surface area contributed by atoms with Gasteiger partial charge in [-0.05, 0) is 32.1 Å². The number of nitrogens with zero attached hydrogens (tertiary/aromatic N) is 1. The number of nitrogens with one attached hydrogen (secondary N) is 1. The van der Waals surface area contributed by atoms with Crippen LogP contribution in [0.15, 0.2) is 12.2 Å². The van der Waals surface area contributed by atoms with E-state index in [1.54, 1.807) is 6.92 Å². The molecule has 1 N–H and O–H groups in total. The van der Waals surface area contributed by atoms with Crippen LogP contribution in [0.2, 0.25) is 0 Å². The highest BCUT2D eigenvalue weighted by Gasteiger charge is 2.30. The fourth-order valence-corrected chi connectivity index (χ4v) is 1.89. The largest absolute Gasteiger partial charge is 0.455 e. The number of amides is 1. The second kappa shape index (κ2) is 7.09. The van der Waals surface area contributed by atoms with Crippen molar-refractivity contribution in [2.75, 3.05) is 6.61 Å². The minimum atomic E-state index is -0.947. The van der Waals surface area contributed by atoms with Crippen LogP contribution >= 0.6 is 0 Å². The molecular weight excluding hydrogens is 256 g/mol. The third kappa shape index (κ3) is 4.37. The summed E-state index contributed by atoms with van der Waals surface area (Å²) in [4.78, 5) is 23.5. The number of allylic oxidation sites excluding steroid dienone is 2. The summed E-state index contributed by atoms with van der Waals surface area (Å²) in [5, 5.41) is 11.7. The number of esters is 1. The highest BCUT2D eigenvalue weighted by Crippen LogP contribution is 2.19. The van der Waals surface area contributed by atoms with Crippen LogP contribution in [-0.2, 0) is 14.3 Å². The van der Waals surface area contributed by atoms with Crippen LogP contribution in [0.25, 0.3) is 0 Å². The molecule has 1 amide bonds. The summed E-state index contributed by atoms with van der Waals surface area (Å²) in [5.74, 6) is -0.967. The highest BCUT2D eigenvalue weighted by atomic mass is 16.5. The van der Waals surface area contributed by atoms with Gasteiger partial charge >= 0.3 is 5.97 Å². The van der Waals surface area contributed by atoms with Crippen molar-refractivity contribution < 1.29 is 14.3 Å². The molecule has 1 aliphatic carbocycles. The molecule has 0 saturated heterocycles. The Balaban J connectivity index is 2.42. The van der Waals surface area contributed by atoms with Gasteiger partial charge in [0.15, 0.2) is 6.61 Å². The zero-order valence-corrected chi connectivity index (χ0v) is 12.3. The minimum Gasteiger partial charge on any atom is -0.455 e. The summed E-state index contributed by atoms with van der Waals surface area (Å²) in [5.41, 5.74) is -0.947. The van der Waals surface area contributed by atoms with Gasteiger partial charge in [-0.1, -0.05) is 26.0 Å². The lowest BCUT2D eigenvalue weighted by Gasteiger charge is -2.27. The van der Waals surface area contributed by atoms with Gasteiger partial charge in [0.25, 0.3) is 5.91 Å². The molecule has 0 heterocycles. The van der Waals surface area contributed by atoms with Gasteiger partial charge in [0.2, 0.25) is 0 Å². The summed E-state index contributed by atoms with van der Waals surface area (Å²) in [6, 6.07) is 2.08. The van der Waals surface area contributed by atoms with E-state index in [9.17, 15) is 9.59 Å². The maximum atomic E-state index is 11.8. The lowest BCUT2D eigenvalue weighted by atomic mass is 9.90. The van der Waals surface area contributed by atoms with Gasteiger partial charge in [0.05, 0.1) is 12.0 Å². The summed E-state index contributed by atoms with van der Waals surface area (Å²) >= 11 is 0. The maximum Gasteiger partial charge on any atom is 0.309 e. The molecule has 110 valence electrons. The van der Waals surface area contributed by atoms with E-state index in [1.807, 2.05) is 26.0 Å². The summed E-state index contributed by atoms with van der Waals surface area (Å²) in [6.07, 6.45) is 6.30. The van der Waals surface area contributed by atoms with Crippen molar-refractivity contribution in [3.8, 4) is 6.07 Å². The summed E-state index contributed by atoms with van der Waals surface area (Å²) < 4.78 is 5.02. The number of hydrogen-bond donors (Lipinski definition) is 1. The first-order valence-corrected chi connectivity index (χ1v) is 6.93. The minimum absolute atomic E-state index is 0.0318. The molecule has 0 aromatic heterocycles. The van der Waals surface area contributed by atoms with Crippen LogP contribution in [0.4, 0.5) is 0 Å². The Hall–Kier alpha value is -1.83. The normalized spacial score (nSPS) is 20.9. The number of nitriles is 1. The van der Waals surface area contributed by atoms with Crippen LogP contribution in [-0.4, -0.2) is 24.0 Å². The molecule has 0 aliphatic heterocycles. The molecule has 0 radical (unpaired) electrons. The predicted molar refractivity (Wildman–Crippen MR) is 74.4 cm³/mol. The quantitative estimate of drug-likeness (QED) is 0.615. The summed E-state index contributed by atoms with van der Waals surface area (Å²) in [7, 11) is 0. The average Bonchev–Trinajstić information content (AvgIpc) is 2.45. The Labute approximate surface area is 120 Å². The van der Waals surface area contributed by atoms with E-state index in [0.29, 0.717) is 6.42 Å². The zero-order valence-electron chi connectivity index (χ0n) is 12.3. The first-order chi connectivity index (χ1) is 9.39. The number of carbonyl (C=O) groups excluding carboxylic acids is 2. The van der Waals surface area contributed by atoms with Gasteiger partial charge in [-0.3, -0.25) is 9.59 Å². The molecule has 0 saturated carbocycles. The Morgan fingerprint density at radius 3 is 2.70 bits per heavy atom. The van der Waals surface area contributed by atoms with E-state index in [0.717, 1.165) is 12.8 Å². The SMILES string of the molecule is CC(C)[C@@](C)(C#N)NC(=O)COC(=O)[C@H]1CC=CCC1. The van der Waals surface area contributed by atoms with Gasteiger partial charge in [-0.15, -0.1) is 0 Å². The van der Waals surface area contributed by atoms with Crippen molar-refractivity contribution in [2.24, 2.45) is 11.8 Å². The Kier molecular flexibility index (Phi) is 5.75. The molecule has 1 aliphatic rings. The molecule has 1 rings (SSSR count). The van der Waals surface area contributed by atoms with E-state index in [1.165, 1.54) is 0 Å². The van der Waals surface area contributed by atoms with E-state index < -0.39 is 11.4 Å². The molecule has 2 atom stereocenters. The van der Waals surface area contributed by atoms with Gasteiger partial charge < -0.3 is 10.1 Å². The third-order valence-electron chi connectivity index (χ3n) is 3.73. The number of ether oxygens (including phenoxy) is 1. The lowest BCUT2D eigenvalue weighted by Crippen LogP contribution is -2.50. The van der Waals surface area contributed by atoms with Crippen LogP contribution in [0.3, 0.4) is 0 Å². The second-order valence-electron chi connectivity index (χ2n) is 5.61. The van der Waals surface area contributed by atoms with Gasteiger partial charge in [-0.25, -0.2) is 0 Å². The van der Waals surface area contributed by atoms with Crippen molar-refractivity contribution in [3.63, 3.8) is 0 Å². The molecule has 0 fully saturated rings. The molecular formula is C15H22N2O3. The van der Waals surface area contributed by atoms with E-state index in [-0.39, 0.29) is 24.4 Å². The highest BCUT2D eigenvalue weighted by molar-refractivity contribution is 5.82. The monoisotopic (exact) mass is 278 g/mol. The zero-order chi connectivity index (χ0) is 15.2. The van der Waals surface area contributed by atoms with E-state index in [2.05, 4.69) is 11.4 Å². The lowest BCUT2D eigenvalue weighted by molar-refractivity contribution is -0.153. The fourth-order valence-electron chi connectivity index (χ4n) is 1.89. The molecule has 0 aromatic carbocycles. The molecule has 0 bridgehead atoms. The van der Waals surface area contributed by atoms with Crippen molar-refractivity contribution in [1.82, 2.24) is 5.32 Å². The van der Waals surface area contributed by atoms with Crippen molar-refractivity contribution in [3.05, 3.63) is 12.2 Å². The average molecular weight is 278 g/mol. The molecule has 20 heavy (non-hydrogen) atoms. The summed E-state index contributed by atoms with van der Waals surface area (Å²) in [6.45, 7) is 5.03. The Bertz CT molecular complexity index is 437. The van der Waals surface area contributed by atoms with Crippen molar-refractivity contribution >= 4 is 11.9 Å². The van der Waals surface area contributed by atoms with Crippen molar-refractivity contribution in [1.29, 1.82) is 5.26 Å². The van der Waals surface area contributed by atoms with Crippen LogP contribution in [0.5, 0.6) is 0 Å². The van der Waals surface area contributed by atoms with E-state index in [4.69, 9.17) is 10.00 Å². The first kappa shape index (κ1) is 16.2. The predicted octanol–water partition coefficient (Wildman–Crippen LogP) is 1.94. The molecule has 5 heteroatoms. The Morgan fingerprint density at radius 1 is 1.50 bits per heavy atom. The number of carbonyl (C=O) groups is 2. The van der Waals surface area contributed by atoms with Crippen LogP contribution in [0.1, 0.15) is 40.0 Å². The molecule has 0 unspecified atom stereocenters. The first-order valence-electron chi connectivity index (χ1n) is 6.93.